The van der Waals surface area contributed by atoms with Gasteiger partial charge in [-0.25, -0.2) is 9.18 Å². The van der Waals surface area contributed by atoms with Crippen molar-refractivity contribution in [2.45, 2.75) is 25.4 Å². The molecule has 31 heavy (non-hydrogen) atoms. The van der Waals surface area contributed by atoms with Crippen LogP contribution in [0.2, 0.25) is 0 Å². The lowest BCUT2D eigenvalue weighted by Gasteiger charge is -2.37. The second-order valence-electron chi connectivity index (χ2n) is 7.83. The number of hydrogen-bond acceptors (Lipinski definition) is 6. The van der Waals surface area contributed by atoms with Crippen LogP contribution in [0.5, 0.6) is 5.75 Å². The van der Waals surface area contributed by atoms with Crippen LogP contribution in [0.15, 0.2) is 48.5 Å². The van der Waals surface area contributed by atoms with Gasteiger partial charge in [0.25, 0.3) is 0 Å². The molecule has 1 aromatic heterocycles. The summed E-state index contributed by atoms with van der Waals surface area (Å²) in [6.45, 7) is 2.51. The molecule has 1 fully saturated rings. The molecule has 2 heterocycles. The van der Waals surface area contributed by atoms with Crippen molar-refractivity contribution >= 4 is 17.5 Å². The van der Waals surface area contributed by atoms with E-state index in [4.69, 9.17) is 5.73 Å². The summed E-state index contributed by atoms with van der Waals surface area (Å²) in [5, 5.41) is 27.5. The number of aryl methyl sites for hydroxylation is 1. The Morgan fingerprint density at radius 1 is 1.16 bits per heavy atom. The topological polar surface area (TPSA) is 113 Å². The molecule has 0 bridgehead atoms. The second kappa shape index (κ2) is 8.22. The highest BCUT2D eigenvalue weighted by molar-refractivity contribution is 5.88. The van der Waals surface area contributed by atoms with Crippen molar-refractivity contribution < 1.29 is 19.4 Å². The van der Waals surface area contributed by atoms with E-state index in [1.165, 1.54) is 0 Å². The number of piperidine rings is 1. The average molecular weight is 422 g/mol. The van der Waals surface area contributed by atoms with Crippen molar-refractivity contribution in [2.75, 3.05) is 23.7 Å². The Hall–Kier alpha value is -3.68. The fourth-order valence-corrected chi connectivity index (χ4v) is 4.19. The van der Waals surface area contributed by atoms with Crippen molar-refractivity contribution in [1.82, 2.24) is 10.2 Å². The number of halogens is 1. The summed E-state index contributed by atoms with van der Waals surface area (Å²) < 4.78 is 14.8. The molecule has 8 heteroatoms. The molecule has 0 saturated carbocycles. The molecule has 2 atom stereocenters. The van der Waals surface area contributed by atoms with Crippen LogP contribution in [0.3, 0.4) is 0 Å². The number of nitrogens with two attached hydrogens (primary N) is 1. The largest absolute Gasteiger partial charge is 0.507 e. The fourth-order valence-electron chi connectivity index (χ4n) is 4.19. The summed E-state index contributed by atoms with van der Waals surface area (Å²) in [6, 6.07) is 13.4. The number of carboxylic acids is 1. The SMILES string of the molecule is Cc1cc(C(=O)O)ccc1C1CC(F)CN(c2cc(-c3ccccc3O)nnc2N)C1. The van der Waals surface area contributed by atoms with Gasteiger partial charge in [-0.1, -0.05) is 18.2 Å². The van der Waals surface area contributed by atoms with E-state index in [1.54, 1.807) is 48.5 Å². The molecule has 0 radical (unpaired) electrons. The minimum Gasteiger partial charge on any atom is -0.507 e. The number of nitrogens with zero attached hydrogens (tertiary/aromatic N) is 3. The highest BCUT2D eigenvalue weighted by Crippen LogP contribution is 2.36. The van der Waals surface area contributed by atoms with Gasteiger partial charge in [-0.2, -0.15) is 0 Å². The molecule has 1 aliphatic rings. The van der Waals surface area contributed by atoms with Crippen LogP contribution in [0.4, 0.5) is 15.9 Å². The summed E-state index contributed by atoms with van der Waals surface area (Å²) in [4.78, 5) is 13.1. The van der Waals surface area contributed by atoms with Crippen LogP contribution in [0, 0.1) is 6.92 Å². The number of phenolic OH excluding ortho intramolecular Hbond substituents is 1. The van der Waals surface area contributed by atoms with Crippen molar-refractivity contribution in [1.29, 1.82) is 0 Å². The summed E-state index contributed by atoms with van der Waals surface area (Å²) in [7, 11) is 0. The van der Waals surface area contributed by atoms with Crippen LogP contribution in [-0.2, 0) is 0 Å². The number of nitrogen functional groups attached to an aromatic ring is 1. The third-order valence-electron chi connectivity index (χ3n) is 5.68. The second-order valence-corrected chi connectivity index (χ2v) is 7.83. The third-order valence-corrected chi connectivity index (χ3v) is 5.68. The smallest absolute Gasteiger partial charge is 0.335 e. The van der Waals surface area contributed by atoms with Crippen molar-refractivity contribution in [2.24, 2.45) is 0 Å². The van der Waals surface area contributed by atoms with E-state index >= 15 is 0 Å². The van der Waals surface area contributed by atoms with E-state index < -0.39 is 12.1 Å². The Labute approximate surface area is 179 Å². The maximum Gasteiger partial charge on any atom is 0.335 e. The zero-order valence-corrected chi connectivity index (χ0v) is 17.0. The molecule has 0 aliphatic carbocycles. The van der Waals surface area contributed by atoms with Gasteiger partial charge in [0.1, 0.15) is 11.9 Å². The van der Waals surface area contributed by atoms with Gasteiger partial charge in [-0.05, 0) is 54.8 Å². The number of aromatic nitrogens is 2. The van der Waals surface area contributed by atoms with Crippen LogP contribution < -0.4 is 10.6 Å². The van der Waals surface area contributed by atoms with Crippen LogP contribution in [-0.4, -0.2) is 45.6 Å². The van der Waals surface area contributed by atoms with E-state index in [1.807, 2.05) is 11.8 Å². The van der Waals surface area contributed by atoms with Crippen molar-refractivity contribution in [3.8, 4) is 17.0 Å². The fraction of sp³-hybridized carbons (Fsp3) is 0.261. The number of para-hydroxylation sites is 1. The van der Waals surface area contributed by atoms with Crippen LogP contribution in [0.1, 0.15) is 33.8 Å². The lowest BCUT2D eigenvalue weighted by Crippen LogP contribution is -2.41. The molecule has 2 aromatic carbocycles. The first kappa shape index (κ1) is 20.6. The quantitative estimate of drug-likeness (QED) is 0.587. The minimum absolute atomic E-state index is 0.0709. The first-order chi connectivity index (χ1) is 14.8. The zero-order chi connectivity index (χ0) is 22.1. The van der Waals surface area contributed by atoms with Gasteiger partial charge in [0.15, 0.2) is 5.82 Å². The van der Waals surface area contributed by atoms with E-state index in [2.05, 4.69) is 10.2 Å². The number of rotatable bonds is 4. The lowest BCUT2D eigenvalue weighted by atomic mass is 9.86. The van der Waals surface area contributed by atoms with E-state index in [9.17, 15) is 19.4 Å². The molecular formula is C23H23FN4O3. The lowest BCUT2D eigenvalue weighted by molar-refractivity contribution is 0.0696. The third kappa shape index (κ3) is 4.14. The van der Waals surface area contributed by atoms with Crippen molar-refractivity contribution in [3.63, 3.8) is 0 Å². The number of hydrogen-bond donors (Lipinski definition) is 3. The first-order valence-corrected chi connectivity index (χ1v) is 9.98. The number of aromatic carboxylic acids is 1. The van der Waals surface area contributed by atoms with Gasteiger partial charge < -0.3 is 20.8 Å². The Morgan fingerprint density at radius 2 is 1.94 bits per heavy atom. The minimum atomic E-state index is -1.08. The molecule has 0 amide bonds. The Kier molecular flexibility index (Phi) is 5.46. The molecule has 1 saturated heterocycles. The van der Waals surface area contributed by atoms with Gasteiger partial charge in [-0.15, -0.1) is 10.2 Å². The molecular weight excluding hydrogens is 399 g/mol. The molecule has 1 aliphatic heterocycles. The maximum absolute atomic E-state index is 14.8. The van der Waals surface area contributed by atoms with Gasteiger partial charge in [-0.3, -0.25) is 0 Å². The Balaban J connectivity index is 1.67. The van der Waals surface area contributed by atoms with Crippen molar-refractivity contribution in [3.05, 3.63) is 65.2 Å². The Morgan fingerprint density at radius 3 is 2.65 bits per heavy atom. The predicted molar refractivity (Wildman–Crippen MR) is 116 cm³/mol. The number of benzene rings is 2. The number of aromatic hydroxyl groups is 1. The van der Waals surface area contributed by atoms with Gasteiger partial charge in [0, 0.05) is 24.6 Å². The number of carbonyl (C=O) groups is 1. The number of anilines is 2. The molecule has 160 valence electrons. The molecule has 3 aromatic rings. The molecule has 4 N–H and O–H groups in total. The molecule has 4 rings (SSSR count). The van der Waals surface area contributed by atoms with Gasteiger partial charge >= 0.3 is 5.97 Å². The predicted octanol–water partition coefficient (Wildman–Crippen LogP) is 3.77. The average Bonchev–Trinajstić information content (AvgIpc) is 2.74. The standard InChI is InChI=1S/C23H23FN4O3/c1-13-8-14(23(30)31)6-7-17(13)15-9-16(24)12-28(11-15)20-10-19(26-27-22(20)25)18-4-2-3-5-21(18)29/h2-8,10,15-16,29H,9,11-12H2,1H3,(H2,25,27)(H,30,31). The van der Waals surface area contributed by atoms with E-state index in [0.717, 1.165) is 11.1 Å². The monoisotopic (exact) mass is 422 g/mol. The van der Waals surface area contributed by atoms with Crippen LogP contribution in [0.25, 0.3) is 11.3 Å². The number of alkyl halides is 1. The highest BCUT2D eigenvalue weighted by atomic mass is 19.1. The highest BCUT2D eigenvalue weighted by Gasteiger charge is 2.31. The summed E-state index contributed by atoms with van der Waals surface area (Å²) in [5.74, 6) is -0.866. The first-order valence-electron chi connectivity index (χ1n) is 9.98. The normalized spacial score (nSPS) is 18.7. The van der Waals surface area contributed by atoms with Crippen LogP contribution >= 0.6 is 0 Å². The molecule has 2 unspecified atom stereocenters. The molecule has 7 nitrogen and oxygen atoms in total. The van der Waals surface area contributed by atoms with Gasteiger partial charge in [0.05, 0.1) is 16.9 Å². The summed E-state index contributed by atoms with van der Waals surface area (Å²) in [5.41, 5.74) is 9.54. The number of phenols is 1. The zero-order valence-electron chi connectivity index (χ0n) is 17.0. The van der Waals surface area contributed by atoms with E-state index in [0.29, 0.717) is 29.9 Å². The molecule has 0 spiro atoms. The summed E-state index contributed by atoms with van der Waals surface area (Å²) >= 11 is 0. The number of carboxylic acid groups (broad SMARTS) is 1. The van der Waals surface area contributed by atoms with E-state index in [-0.39, 0.29) is 29.6 Å². The van der Waals surface area contributed by atoms with Gasteiger partial charge in [0.2, 0.25) is 0 Å². The maximum atomic E-state index is 14.8. The summed E-state index contributed by atoms with van der Waals surface area (Å²) in [6.07, 6.45) is -0.743. The Bertz CT molecular complexity index is 1140.